The number of benzene rings is 2. The molecule has 2 aliphatic rings. The van der Waals surface area contributed by atoms with Gasteiger partial charge in [-0.1, -0.05) is 24.3 Å². The van der Waals surface area contributed by atoms with Gasteiger partial charge >= 0.3 is 0 Å². The van der Waals surface area contributed by atoms with Gasteiger partial charge in [-0.3, -0.25) is 9.59 Å². The first-order valence-electron chi connectivity index (χ1n) is 8.36. The lowest BCUT2D eigenvalue weighted by molar-refractivity contribution is -0.134. The quantitative estimate of drug-likeness (QED) is 0.795. The molecule has 2 bridgehead atoms. The molecule has 6 heteroatoms. The number of halogens is 2. The number of fused-ring (bicyclic) bond motifs is 2. The Morgan fingerprint density at radius 1 is 1.12 bits per heavy atom. The summed E-state index contributed by atoms with van der Waals surface area (Å²) in [6.07, 6.45) is 3.36. The van der Waals surface area contributed by atoms with Crippen molar-refractivity contribution in [3.63, 3.8) is 0 Å². The molecular formula is C20H16F2N2O2. The van der Waals surface area contributed by atoms with Crippen LogP contribution in [0.25, 0.3) is 6.08 Å². The standard InChI is InChI=1S/C20H16F2N2O2/c21-14-5-3-4-13(10-14)8-9-19(25)23-12-15-11-18(23)20(26)24(15)17-7-2-1-6-16(17)22/h1-10,15,18H,11-12H2/b9-8+/t15-,18-/m0/s1. The van der Waals surface area contributed by atoms with E-state index in [1.165, 1.54) is 40.2 Å². The molecule has 2 atom stereocenters. The topological polar surface area (TPSA) is 40.6 Å². The molecule has 2 amide bonds. The first-order valence-corrected chi connectivity index (χ1v) is 8.36. The van der Waals surface area contributed by atoms with E-state index < -0.39 is 11.9 Å². The van der Waals surface area contributed by atoms with E-state index in [0.717, 1.165) is 0 Å². The third-order valence-electron chi connectivity index (χ3n) is 4.83. The molecule has 4 nitrogen and oxygen atoms in total. The Bertz CT molecular complexity index is 912. The Labute approximate surface area is 149 Å². The average molecular weight is 354 g/mol. The van der Waals surface area contributed by atoms with Crippen molar-refractivity contribution in [3.8, 4) is 0 Å². The molecule has 0 unspecified atom stereocenters. The summed E-state index contributed by atoms with van der Waals surface area (Å²) in [5.74, 6) is -1.39. The van der Waals surface area contributed by atoms with Gasteiger partial charge in [0.2, 0.25) is 11.8 Å². The van der Waals surface area contributed by atoms with Crippen LogP contribution in [0.15, 0.2) is 54.6 Å². The highest BCUT2D eigenvalue weighted by molar-refractivity contribution is 6.05. The number of hydrogen-bond donors (Lipinski definition) is 0. The summed E-state index contributed by atoms with van der Waals surface area (Å²) in [4.78, 5) is 28.1. The second kappa shape index (κ2) is 6.37. The van der Waals surface area contributed by atoms with Gasteiger partial charge in [0.1, 0.15) is 17.7 Å². The van der Waals surface area contributed by atoms with Crippen LogP contribution in [0.1, 0.15) is 12.0 Å². The van der Waals surface area contributed by atoms with Crippen molar-refractivity contribution in [2.45, 2.75) is 18.5 Å². The van der Waals surface area contributed by atoms with Crippen LogP contribution in [-0.4, -0.2) is 35.3 Å². The van der Waals surface area contributed by atoms with Gasteiger partial charge in [0.15, 0.2) is 0 Å². The number of likely N-dealkylation sites (tertiary alicyclic amines) is 1. The first-order chi connectivity index (χ1) is 12.5. The van der Waals surface area contributed by atoms with Gasteiger partial charge < -0.3 is 9.80 Å². The van der Waals surface area contributed by atoms with Crippen LogP contribution in [0.3, 0.4) is 0 Å². The highest BCUT2D eigenvalue weighted by Crippen LogP contribution is 2.36. The SMILES string of the molecule is O=C(/C=C/c1cccc(F)c1)N1C[C@@H]2C[C@H]1C(=O)N2c1ccccc1F. The number of rotatable bonds is 3. The second-order valence-electron chi connectivity index (χ2n) is 6.44. The lowest BCUT2D eigenvalue weighted by Crippen LogP contribution is -2.52. The molecule has 2 saturated heterocycles. The smallest absolute Gasteiger partial charge is 0.250 e. The zero-order chi connectivity index (χ0) is 18.3. The van der Waals surface area contributed by atoms with Gasteiger partial charge in [0, 0.05) is 12.6 Å². The van der Waals surface area contributed by atoms with E-state index in [2.05, 4.69) is 0 Å². The molecule has 4 rings (SSSR count). The van der Waals surface area contributed by atoms with Crippen molar-refractivity contribution < 1.29 is 18.4 Å². The minimum atomic E-state index is -0.579. The van der Waals surface area contributed by atoms with E-state index in [1.54, 1.807) is 30.3 Å². The van der Waals surface area contributed by atoms with Crippen LogP contribution >= 0.6 is 0 Å². The first kappa shape index (κ1) is 16.4. The lowest BCUT2D eigenvalue weighted by Gasteiger charge is -2.33. The largest absolute Gasteiger partial charge is 0.325 e. The van der Waals surface area contributed by atoms with Gasteiger partial charge in [0.25, 0.3) is 0 Å². The Morgan fingerprint density at radius 3 is 2.65 bits per heavy atom. The van der Waals surface area contributed by atoms with E-state index in [4.69, 9.17) is 0 Å². The molecule has 0 saturated carbocycles. The summed E-state index contributed by atoms with van der Waals surface area (Å²) in [6, 6.07) is 11.2. The summed E-state index contributed by atoms with van der Waals surface area (Å²) in [5, 5.41) is 0. The van der Waals surface area contributed by atoms with Crippen LogP contribution in [0.2, 0.25) is 0 Å². The number of carbonyl (C=O) groups is 2. The molecule has 0 radical (unpaired) electrons. The number of nitrogens with zero attached hydrogens (tertiary/aromatic N) is 2. The van der Waals surface area contributed by atoms with Crippen molar-refractivity contribution >= 4 is 23.6 Å². The maximum absolute atomic E-state index is 14.0. The Morgan fingerprint density at radius 2 is 1.92 bits per heavy atom. The summed E-state index contributed by atoms with van der Waals surface area (Å²) in [5.41, 5.74) is 0.828. The molecule has 2 heterocycles. The predicted molar refractivity (Wildman–Crippen MR) is 93.2 cm³/mol. The monoisotopic (exact) mass is 354 g/mol. The summed E-state index contributed by atoms with van der Waals surface area (Å²) < 4.78 is 27.2. The number of hydrogen-bond acceptors (Lipinski definition) is 2. The number of para-hydroxylation sites is 1. The van der Waals surface area contributed by atoms with Crippen LogP contribution < -0.4 is 4.90 Å². The van der Waals surface area contributed by atoms with Gasteiger partial charge in [-0.15, -0.1) is 0 Å². The van der Waals surface area contributed by atoms with Gasteiger partial charge in [-0.05, 0) is 42.3 Å². The minimum absolute atomic E-state index is 0.226. The molecule has 132 valence electrons. The molecule has 0 aromatic heterocycles. The van der Waals surface area contributed by atoms with Crippen LogP contribution in [0, 0.1) is 11.6 Å². The highest BCUT2D eigenvalue weighted by atomic mass is 19.1. The van der Waals surface area contributed by atoms with Crippen molar-refractivity contribution in [1.82, 2.24) is 4.90 Å². The van der Waals surface area contributed by atoms with Crippen molar-refractivity contribution in [3.05, 3.63) is 71.8 Å². The second-order valence-corrected chi connectivity index (χ2v) is 6.44. The normalized spacial score (nSPS) is 21.8. The third-order valence-corrected chi connectivity index (χ3v) is 4.83. The number of carbonyl (C=O) groups excluding carboxylic acids is 2. The molecule has 0 spiro atoms. The van der Waals surface area contributed by atoms with Crippen molar-refractivity contribution in [1.29, 1.82) is 0 Å². The lowest BCUT2D eigenvalue weighted by atomic mass is 10.2. The van der Waals surface area contributed by atoms with Crippen molar-refractivity contribution in [2.75, 3.05) is 11.4 Å². The van der Waals surface area contributed by atoms with Crippen LogP contribution in [0.5, 0.6) is 0 Å². The summed E-state index contributed by atoms with van der Waals surface area (Å²) >= 11 is 0. The van der Waals surface area contributed by atoms with E-state index in [1.807, 2.05) is 0 Å². The molecule has 2 aliphatic heterocycles. The fourth-order valence-electron chi connectivity index (χ4n) is 3.66. The Hall–Kier alpha value is -3.02. The molecule has 2 fully saturated rings. The zero-order valence-corrected chi connectivity index (χ0v) is 13.8. The molecule has 0 aliphatic carbocycles. The van der Waals surface area contributed by atoms with Crippen molar-refractivity contribution in [2.24, 2.45) is 0 Å². The number of anilines is 1. The van der Waals surface area contributed by atoms with Gasteiger partial charge in [-0.25, -0.2) is 8.78 Å². The Balaban J connectivity index is 1.50. The van der Waals surface area contributed by atoms with E-state index in [0.29, 0.717) is 18.5 Å². The van der Waals surface area contributed by atoms with Gasteiger partial charge in [-0.2, -0.15) is 0 Å². The maximum Gasteiger partial charge on any atom is 0.250 e. The van der Waals surface area contributed by atoms with E-state index >= 15 is 0 Å². The van der Waals surface area contributed by atoms with Crippen LogP contribution in [0.4, 0.5) is 14.5 Å². The zero-order valence-electron chi connectivity index (χ0n) is 13.8. The summed E-state index contributed by atoms with van der Waals surface area (Å²) in [6.45, 7) is 0.358. The van der Waals surface area contributed by atoms with E-state index in [9.17, 15) is 18.4 Å². The third kappa shape index (κ3) is 2.77. The Kier molecular flexibility index (Phi) is 4.03. The molecule has 2 aromatic rings. The van der Waals surface area contributed by atoms with Crippen LogP contribution in [-0.2, 0) is 9.59 Å². The minimum Gasteiger partial charge on any atom is -0.325 e. The average Bonchev–Trinajstić information content (AvgIpc) is 3.19. The highest BCUT2D eigenvalue weighted by Gasteiger charge is 2.51. The molecule has 0 N–H and O–H groups in total. The van der Waals surface area contributed by atoms with Gasteiger partial charge in [0.05, 0.1) is 11.7 Å². The molecular weight excluding hydrogens is 338 g/mol. The fourth-order valence-corrected chi connectivity index (χ4v) is 3.66. The summed E-state index contributed by atoms with van der Waals surface area (Å²) in [7, 11) is 0. The number of piperazine rings is 1. The van der Waals surface area contributed by atoms with E-state index in [-0.39, 0.29) is 29.4 Å². The predicted octanol–water partition coefficient (Wildman–Crippen LogP) is 2.99. The maximum atomic E-state index is 14.0. The number of amides is 2. The molecule has 2 aromatic carbocycles. The fraction of sp³-hybridized carbons (Fsp3) is 0.200. The molecule has 26 heavy (non-hydrogen) atoms.